The Labute approximate surface area is 167 Å². The van der Waals surface area contributed by atoms with Crippen LogP contribution in [0.15, 0.2) is 72.8 Å². The van der Waals surface area contributed by atoms with E-state index in [2.05, 4.69) is 9.55 Å². The highest BCUT2D eigenvalue weighted by Crippen LogP contribution is 2.34. The van der Waals surface area contributed by atoms with Crippen LogP contribution in [0.1, 0.15) is 5.69 Å². The first-order valence-electron chi connectivity index (χ1n) is 8.71. The van der Waals surface area contributed by atoms with E-state index in [4.69, 9.17) is 17.3 Å². The van der Waals surface area contributed by atoms with Crippen molar-refractivity contribution in [2.75, 3.05) is 5.73 Å². The van der Waals surface area contributed by atoms with Crippen molar-refractivity contribution in [1.29, 1.82) is 0 Å². The number of anilines is 1. The van der Waals surface area contributed by atoms with Crippen LogP contribution in [-0.2, 0) is 6.54 Å². The molecule has 0 amide bonds. The minimum absolute atomic E-state index is 0.0404. The van der Waals surface area contributed by atoms with Gasteiger partial charge in [-0.2, -0.15) is 0 Å². The number of nitrogens with zero attached hydrogens (tertiary/aromatic N) is 2. The topological polar surface area (TPSA) is 84.3 Å². The fraction of sp³-hybridized carbons (Fsp3) is 0.0455. The zero-order valence-corrected chi connectivity index (χ0v) is 15.6. The van der Waals surface area contributed by atoms with Gasteiger partial charge in [0.25, 0.3) is 0 Å². The average Bonchev–Trinajstić information content (AvgIpc) is 3.09. The van der Waals surface area contributed by atoms with Crippen molar-refractivity contribution in [1.82, 2.24) is 9.55 Å². The van der Waals surface area contributed by atoms with Crippen molar-refractivity contribution in [3.63, 3.8) is 0 Å². The molecule has 0 atom stereocenters. The van der Waals surface area contributed by atoms with E-state index >= 15 is 0 Å². The van der Waals surface area contributed by atoms with Crippen molar-refractivity contribution in [3.05, 3.63) is 83.5 Å². The Balaban J connectivity index is 1.86. The van der Waals surface area contributed by atoms with Crippen LogP contribution in [0.4, 0.5) is 5.82 Å². The first-order valence-corrected chi connectivity index (χ1v) is 9.09. The molecule has 140 valence electrons. The van der Waals surface area contributed by atoms with Crippen LogP contribution < -0.4 is 5.73 Å². The fourth-order valence-corrected chi connectivity index (χ4v) is 3.42. The van der Waals surface area contributed by atoms with Gasteiger partial charge in [0.15, 0.2) is 11.6 Å². The summed E-state index contributed by atoms with van der Waals surface area (Å²) >= 11 is 6.44. The largest absolute Gasteiger partial charge is 0.508 e. The maximum absolute atomic E-state index is 9.66. The van der Waals surface area contributed by atoms with E-state index in [1.807, 2.05) is 48.5 Å². The second-order valence-corrected chi connectivity index (χ2v) is 6.83. The van der Waals surface area contributed by atoms with Gasteiger partial charge in [-0.15, -0.1) is 0 Å². The number of benzene rings is 2. The van der Waals surface area contributed by atoms with E-state index in [-0.39, 0.29) is 17.3 Å². The Morgan fingerprint density at radius 3 is 2.29 bits per heavy atom. The molecule has 2 heterocycles. The maximum atomic E-state index is 9.66. The number of aromatic nitrogens is 2. The van der Waals surface area contributed by atoms with Crippen LogP contribution in [0.25, 0.3) is 22.5 Å². The first-order chi connectivity index (χ1) is 13.5. The average molecular weight is 392 g/mol. The molecular weight excluding hydrogens is 374 g/mol. The molecule has 0 saturated heterocycles. The third-order valence-corrected chi connectivity index (χ3v) is 4.90. The Kier molecular flexibility index (Phi) is 4.67. The summed E-state index contributed by atoms with van der Waals surface area (Å²) in [6.07, 6.45) is 0. The summed E-state index contributed by atoms with van der Waals surface area (Å²) in [5, 5.41) is 19.9. The smallest absolute Gasteiger partial charge is 0.166 e. The predicted molar refractivity (Wildman–Crippen MR) is 111 cm³/mol. The second-order valence-electron chi connectivity index (χ2n) is 6.42. The number of halogens is 1. The number of nitrogens with two attached hydrogens (primary N) is 1. The molecule has 28 heavy (non-hydrogen) atoms. The summed E-state index contributed by atoms with van der Waals surface area (Å²) in [7, 11) is 0. The molecular formula is C22H18ClN3O2. The van der Waals surface area contributed by atoms with Crippen LogP contribution in [0, 0.1) is 0 Å². The van der Waals surface area contributed by atoms with Gasteiger partial charge >= 0.3 is 0 Å². The van der Waals surface area contributed by atoms with E-state index in [1.165, 1.54) is 6.07 Å². The molecule has 0 unspecified atom stereocenters. The first kappa shape index (κ1) is 17.9. The van der Waals surface area contributed by atoms with Gasteiger partial charge in [0, 0.05) is 16.3 Å². The molecule has 6 heteroatoms. The summed E-state index contributed by atoms with van der Waals surface area (Å²) in [5.74, 6) is 0.262. The van der Waals surface area contributed by atoms with Gasteiger partial charge in [0.1, 0.15) is 5.75 Å². The normalized spacial score (nSPS) is 10.9. The van der Waals surface area contributed by atoms with Gasteiger partial charge in [-0.3, -0.25) is 0 Å². The third-order valence-electron chi connectivity index (χ3n) is 4.57. The second kappa shape index (κ2) is 7.29. The molecule has 4 aromatic rings. The number of phenolic OH excluding ortho intramolecular Hbond substituents is 1. The van der Waals surface area contributed by atoms with E-state index in [1.54, 1.807) is 18.2 Å². The summed E-state index contributed by atoms with van der Waals surface area (Å²) < 4.78 is 2.09. The standard InChI is InChI=1S/C22H18ClN3O2/c23-18-4-2-1-3-17(18)20-11-10-19(14-5-8-16(27)9-6-14)26(20)13-15-7-12-21(28)22(24)25-15/h1-12,27-28H,13H2,(H2,24,25). The molecule has 4 rings (SSSR count). The Morgan fingerprint density at radius 2 is 1.57 bits per heavy atom. The van der Waals surface area contributed by atoms with Crippen LogP contribution >= 0.6 is 11.6 Å². The lowest BCUT2D eigenvalue weighted by Crippen LogP contribution is -2.06. The fourth-order valence-electron chi connectivity index (χ4n) is 3.19. The Hall–Kier alpha value is -3.44. The maximum Gasteiger partial charge on any atom is 0.166 e. The van der Waals surface area contributed by atoms with Crippen molar-refractivity contribution in [2.24, 2.45) is 0 Å². The van der Waals surface area contributed by atoms with Gasteiger partial charge < -0.3 is 20.5 Å². The van der Waals surface area contributed by atoms with Gasteiger partial charge in [-0.05, 0) is 60.2 Å². The summed E-state index contributed by atoms with van der Waals surface area (Å²) in [6.45, 7) is 0.439. The molecule has 0 fully saturated rings. The number of aromatic hydroxyl groups is 2. The molecule has 0 spiro atoms. The molecule has 0 aliphatic heterocycles. The van der Waals surface area contributed by atoms with E-state index in [0.717, 1.165) is 22.5 Å². The van der Waals surface area contributed by atoms with Crippen molar-refractivity contribution >= 4 is 17.4 Å². The van der Waals surface area contributed by atoms with E-state index in [9.17, 15) is 10.2 Å². The molecule has 0 aliphatic carbocycles. The predicted octanol–water partition coefficient (Wildman–Crippen LogP) is 4.91. The quantitative estimate of drug-likeness (QED) is 0.461. The zero-order valence-electron chi connectivity index (χ0n) is 14.9. The molecule has 0 aliphatic rings. The van der Waals surface area contributed by atoms with E-state index < -0.39 is 0 Å². The zero-order chi connectivity index (χ0) is 19.7. The minimum Gasteiger partial charge on any atom is -0.508 e. The van der Waals surface area contributed by atoms with Crippen LogP contribution in [-0.4, -0.2) is 19.8 Å². The summed E-state index contributed by atoms with van der Waals surface area (Å²) in [5.41, 5.74) is 10.2. The number of phenols is 1. The molecule has 2 aromatic heterocycles. The number of rotatable bonds is 4. The number of nitrogen functional groups attached to an aromatic ring is 1. The molecule has 2 aromatic carbocycles. The Morgan fingerprint density at radius 1 is 0.857 bits per heavy atom. The van der Waals surface area contributed by atoms with Crippen molar-refractivity contribution in [3.8, 4) is 34.0 Å². The lowest BCUT2D eigenvalue weighted by molar-refractivity contribution is 0.475. The van der Waals surface area contributed by atoms with Crippen molar-refractivity contribution < 1.29 is 10.2 Å². The molecule has 0 saturated carbocycles. The van der Waals surface area contributed by atoms with Gasteiger partial charge in [0.05, 0.1) is 17.9 Å². The molecule has 0 radical (unpaired) electrons. The highest BCUT2D eigenvalue weighted by molar-refractivity contribution is 6.33. The molecule has 0 bridgehead atoms. The molecule has 4 N–H and O–H groups in total. The lowest BCUT2D eigenvalue weighted by Gasteiger charge is -2.15. The SMILES string of the molecule is Nc1nc(Cn2c(-c3ccc(O)cc3)ccc2-c2ccccc2Cl)ccc1O. The van der Waals surface area contributed by atoms with Gasteiger partial charge in [-0.25, -0.2) is 4.98 Å². The van der Waals surface area contributed by atoms with Crippen LogP contribution in [0.2, 0.25) is 5.02 Å². The highest BCUT2D eigenvalue weighted by atomic mass is 35.5. The number of pyridine rings is 1. The summed E-state index contributed by atoms with van der Waals surface area (Å²) in [6, 6.07) is 22.0. The van der Waals surface area contributed by atoms with Gasteiger partial charge in [-0.1, -0.05) is 29.8 Å². The van der Waals surface area contributed by atoms with E-state index in [0.29, 0.717) is 17.3 Å². The monoisotopic (exact) mass is 391 g/mol. The third kappa shape index (κ3) is 3.40. The number of hydrogen-bond acceptors (Lipinski definition) is 4. The van der Waals surface area contributed by atoms with Gasteiger partial charge in [0.2, 0.25) is 0 Å². The van der Waals surface area contributed by atoms with Crippen LogP contribution in [0.3, 0.4) is 0 Å². The molecule has 5 nitrogen and oxygen atoms in total. The van der Waals surface area contributed by atoms with Crippen molar-refractivity contribution in [2.45, 2.75) is 6.54 Å². The lowest BCUT2D eigenvalue weighted by atomic mass is 10.1. The summed E-state index contributed by atoms with van der Waals surface area (Å²) in [4.78, 5) is 4.29. The van der Waals surface area contributed by atoms with Crippen LogP contribution in [0.5, 0.6) is 11.5 Å². The Bertz CT molecular complexity index is 1140. The number of hydrogen-bond donors (Lipinski definition) is 3. The minimum atomic E-state index is -0.0404. The highest BCUT2D eigenvalue weighted by Gasteiger charge is 2.15.